The number of hydrogen-bond donors (Lipinski definition) is 0. The number of para-hydroxylation sites is 1. The molecule has 0 fully saturated rings. The van der Waals surface area contributed by atoms with E-state index >= 15 is 0 Å². The quantitative estimate of drug-likeness (QED) is 0.743. The Bertz CT molecular complexity index is 850. The van der Waals surface area contributed by atoms with Crippen LogP contribution in [0.3, 0.4) is 0 Å². The van der Waals surface area contributed by atoms with E-state index in [1.807, 2.05) is 43.5 Å². The van der Waals surface area contributed by atoms with Crippen LogP contribution in [0.2, 0.25) is 0 Å². The number of aryl methyl sites for hydroxylation is 3. The van der Waals surface area contributed by atoms with E-state index in [4.69, 9.17) is 0 Å². The topological polar surface area (TPSA) is 47.8 Å². The highest BCUT2D eigenvalue weighted by Crippen LogP contribution is 2.10. The van der Waals surface area contributed by atoms with Gasteiger partial charge in [0.25, 0.3) is 5.56 Å². The van der Waals surface area contributed by atoms with Crippen LogP contribution in [0, 0.1) is 6.92 Å². The van der Waals surface area contributed by atoms with Crippen molar-refractivity contribution in [3.05, 3.63) is 70.0 Å². The Labute approximate surface area is 129 Å². The average Bonchev–Trinajstić information content (AvgIpc) is 2.54. The van der Waals surface area contributed by atoms with Gasteiger partial charge in [0.15, 0.2) is 0 Å². The summed E-state index contributed by atoms with van der Waals surface area (Å²) in [5.41, 5.74) is 3.05. The maximum absolute atomic E-state index is 12.3. The van der Waals surface area contributed by atoms with E-state index in [1.165, 1.54) is 5.56 Å². The monoisotopic (exact) mass is 293 g/mol. The Morgan fingerprint density at radius 3 is 2.68 bits per heavy atom. The molecule has 3 aromatic rings. The molecule has 0 N–H and O–H groups in total. The van der Waals surface area contributed by atoms with Gasteiger partial charge in [-0.2, -0.15) is 0 Å². The second kappa shape index (κ2) is 6.10. The second-order valence-corrected chi connectivity index (χ2v) is 5.57. The Morgan fingerprint density at radius 2 is 1.91 bits per heavy atom. The molecule has 0 bridgehead atoms. The van der Waals surface area contributed by atoms with Gasteiger partial charge in [-0.25, -0.2) is 4.98 Å². The van der Waals surface area contributed by atoms with Crippen LogP contribution in [-0.4, -0.2) is 14.5 Å². The minimum absolute atomic E-state index is 0.0256. The molecule has 4 nitrogen and oxygen atoms in total. The summed E-state index contributed by atoms with van der Waals surface area (Å²) < 4.78 is 1.66. The third kappa shape index (κ3) is 2.91. The highest BCUT2D eigenvalue weighted by molar-refractivity contribution is 5.77. The fraction of sp³-hybridized carbons (Fsp3) is 0.278. The van der Waals surface area contributed by atoms with Crippen LogP contribution in [0.25, 0.3) is 10.9 Å². The van der Waals surface area contributed by atoms with E-state index in [0.717, 1.165) is 36.3 Å². The minimum Gasteiger partial charge on any atom is -0.299 e. The standard InChI is InChI=1S/C18H19N3O/c1-13-10-11-14(12-19-13)6-5-9-17-20-16-8-4-3-7-15(16)18(22)21(17)2/h3-4,7-8,10-12H,5-6,9H2,1-2H3. The van der Waals surface area contributed by atoms with Crippen molar-refractivity contribution in [1.82, 2.24) is 14.5 Å². The number of nitrogens with zero attached hydrogens (tertiary/aromatic N) is 3. The lowest BCUT2D eigenvalue weighted by atomic mass is 10.1. The highest BCUT2D eigenvalue weighted by Gasteiger charge is 2.07. The first kappa shape index (κ1) is 14.4. The molecule has 0 amide bonds. The molecule has 0 unspecified atom stereocenters. The molecule has 0 atom stereocenters. The van der Waals surface area contributed by atoms with E-state index in [2.05, 4.69) is 16.0 Å². The lowest BCUT2D eigenvalue weighted by Crippen LogP contribution is -2.22. The molecule has 3 rings (SSSR count). The molecule has 0 aliphatic carbocycles. The van der Waals surface area contributed by atoms with E-state index < -0.39 is 0 Å². The van der Waals surface area contributed by atoms with Gasteiger partial charge in [0.05, 0.1) is 10.9 Å². The normalized spacial score (nSPS) is 11.0. The van der Waals surface area contributed by atoms with Gasteiger partial charge < -0.3 is 0 Å². The maximum Gasteiger partial charge on any atom is 0.261 e. The molecule has 4 heteroatoms. The molecule has 2 heterocycles. The molecule has 0 aliphatic rings. The van der Waals surface area contributed by atoms with Crippen LogP contribution in [-0.2, 0) is 19.9 Å². The van der Waals surface area contributed by atoms with Gasteiger partial charge in [-0.1, -0.05) is 18.2 Å². The summed E-state index contributed by atoms with van der Waals surface area (Å²) in [5.74, 6) is 0.837. The first-order valence-electron chi connectivity index (χ1n) is 7.51. The maximum atomic E-state index is 12.3. The number of pyridine rings is 1. The lowest BCUT2D eigenvalue weighted by molar-refractivity contribution is 0.692. The Morgan fingerprint density at radius 1 is 1.09 bits per heavy atom. The van der Waals surface area contributed by atoms with Crippen molar-refractivity contribution in [2.24, 2.45) is 7.05 Å². The number of fused-ring (bicyclic) bond motifs is 1. The van der Waals surface area contributed by atoms with Crippen LogP contribution in [0.4, 0.5) is 0 Å². The SMILES string of the molecule is Cc1ccc(CCCc2nc3ccccc3c(=O)n2C)cn1. The Balaban J connectivity index is 1.78. The largest absolute Gasteiger partial charge is 0.299 e. The number of hydrogen-bond acceptors (Lipinski definition) is 3. The van der Waals surface area contributed by atoms with E-state index in [-0.39, 0.29) is 5.56 Å². The number of rotatable bonds is 4. The van der Waals surface area contributed by atoms with Crippen molar-refractivity contribution in [2.45, 2.75) is 26.2 Å². The smallest absolute Gasteiger partial charge is 0.261 e. The zero-order chi connectivity index (χ0) is 15.5. The lowest BCUT2D eigenvalue weighted by Gasteiger charge is -2.09. The minimum atomic E-state index is 0.0256. The van der Waals surface area contributed by atoms with Gasteiger partial charge in [-0.15, -0.1) is 0 Å². The molecular weight excluding hydrogens is 274 g/mol. The van der Waals surface area contributed by atoms with E-state index in [0.29, 0.717) is 5.39 Å². The van der Waals surface area contributed by atoms with Gasteiger partial charge in [-0.05, 0) is 43.5 Å². The second-order valence-electron chi connectivity index (χ2n) is 5.57. The van der Waals surface area contributed by atoms with Gasteiger partial charge in [0.1, 0.15) is 5.82 Å². The molecular formula is C18H19N3O. The van der Waals surface area contributed by atoms with Gasteiger partial charge in [-0.3, -0.25) is 14.3 Å². The summed E-state index contributed by atoms with van der Waals surface area (Å²) in [5, 5.41) is 0.677. The zero-order valence-electron chi connectivity index (χ0n) is 12.9. The molecule has 0 saturated heterocycles. The zero-order valence-corrected chi connectivity index (χ0v) is 12.9. The molecule has 0 radical (unpaired) electrons. The summed E-state index contributed by atoms with van der Waals surface area (Å²) in [7, 11) is 1.80. The molecule has 0 saturated carbocycles. The highest BCUT2D eigenvalue weighted by atomic mass is 16.1. The van der Waals surface area contributed by atoms with Crippen LogP contribution in [0.1, 0.15) is 23.5 Å². The van der Waals surface area contributed by atoms with Crippen molar-refractivity contribution in [2.75, 3.05) is 0 Å². The summed E-state index contributed by atoms with van der Waals surface area (Å²) in [6.45, 7) is 1.98. The van der Waals surface area contributed by atoms with Gasteiger partial charge in [0.2, 0.25) is 0 Å². The van der Waals surface area contributed by atoms with Crippen molar-refractivity contribution in [3.63, 3.8) is 0 Å². The van der Waals surface area contributed by atoms with Crippen molar-refractivity contribution in [1.29, 1.82) is 0 Å². The summed E-state index contributed by atoms with van der Waals surface area (Å²) in [6.07, 6.45) is 4.59. The number of benzene rings is 1. The third-order valence-corrected chi connectivity index (χ3v) is 3.91. The third-order valence-electron chi connectivity index (χ3n) is 3.91. The van der Waals surface area contributed by atoms with Crippen LogP contribution in [0.15, 0.2) is 47.4 Å². The van der Waals surface area contributed by atoms with Crippen molar-refractivity contribution < 1.29 is 0 Å². The van der Waals surface area contributed by atoms with Gasteiger partial charge in [0, 0.05) is 25.4 Å². The van der Waals surface area contributed by atoms with Crippen molar-refractivity contribution >= 4 is 10.9 Å². The first-order chi connectivity index (χ1) is 10.6. The fourth-order valence-electron chi connectivity index (χ4n) is 2.58. The molecule has 2 aromatic heterocycles. The first-order valence-corrected chi connectivity index (χ1v) is 7.51. The molecule has 22 heavy (non-hydrogen) atoms. The summed E-state index contributed by atoms with van der Waals surface area (Å²) in [6, 6.07) is 11.6. The van der Waals surface area contributed by atoms with Crippen LogP contribution < -0.4 is 5.56 Å². The Kier molecular flexibility index (Phi) is 4.00. The summed E-state index contributed by atoms with van der Waals surface area (Å²) in [4.78, 5) is 21.3. The van der Waals surface area contributed by atoms with Crippen LogP contribution in [0.5, 0.6) is 0 Å². The molecule has 112 valence electrons. The molecule has 0 aliphatic heterocycles. The molecule has 1 aromatic carbocycles. The van der Waals surface area contributed by atoms with Gasteiger partial charge >= 0.3 is 0 Å². The number of aromatic nitrogens is 3. The van der Waals surface area contributed by atoms with E-state index in [1.54, 1.807) is 11.6 Å². The van der Waals surface area contributed by atoms with Crippen LogP contribution >= 0.6 is 0 Å². The van der Waals surface area contributed by atoms with E-state index in [9.17, 15) is 4.79 Å². The fourth-order valence-corrected chi connectivity index (χ4v) is 2.58. The predicted molar refractivity (Wildman–Crippen MR) is 88.0 cm³/mol. The van der Waals surface area contributed by atoms with Crippen molar-refractivity contribution in [3.8, 4) is 0 Å². The predicted octanol–water partition coefficient (Wildman–Crippen LogP) is 2.81. The Hall–Kier alpha value is -2.49. The average molecular weight is 293 g/mol. The molecule has 0 spiro atoms. The summed E-state index contributed by atoms with van der Waals surface area (Å²) >= 11 is 0.